The number of rotatable bonds is 1. The molecule has 2 rings (SSSR count). The third kappa shape index (κ3) is 2.77. The van der Waals surface area contributed by atoms with Crippen LogP contribution in [0.2, 0.25) is 0 Å². The molecule has 1 aliphatic heterocycles. The van der Waals surface area contributed by atoms with E-state index >= 15 is 0 Å². The van der Waals surface area contributed by atoms with Gasteiger partial charge < -0.3 is 9.47 Å². The first-order chi connectivity index (χ1) is 7.07. The van der Waals surface area contributed by atoms with Crippen LogP contribution in [0.3, 0.4) is 0 Å². The Labute approximate surface area is 103 Å². The van der Waals surface area contributed by atoms with Crippen LogP contribution < -0.4 is 0 Å². The molecule has 0 N–H and O–H groups in total. The van der Waals surface area contributed by atoms with Gasteiger partial charge in [0.25, 0.3) is 0 Å². The van der Waals surface area contributed by atoms with Crippen LogP contribution in [0.25, 0.3) is 0 Å². The molecule has 1 saturated heterocycles. The van der Waals surface area contributed by atoms with Gasteiger partial charge in [-0.1, -0.05) is 59.1 Å². The normalized spacial score (nSPS) is 18.3. The van der Waals surface area contributed by atoms with E-state index in [0.717, 1.165) is 5.56 Å². The van der Waals surface area contributed by atoms with E-state index in [-0.39, 0.29) is 6.29 Å². The van der Waals surface area contributed by atoms with Crippen molar-refractivity contribution in [3.05, 3.63) is 35.4 Å². The quantitative estimate of drug-likeness (QED) is 0.724. The van der Waals surface area contributed by atoms with Crippen molar-refractivity contribution in [2.24, 2.45) is 0 Å². The Kier molecular flexibility index (Phi) is 3.43. The lowest BCUT2D eigenvalue weighted by Crippen LogP contribution is -2.02. The van der Waals surface area contributed by atoms with Crippen molar-refractivity contribution in [3.63, 3.8) is 0 Å². The van der Waals surface area contributed by atoms with Crippen molar-refractivity contribution in [1.82, 2.24) is 0 Å². The monoisotopic (exact) mass is 266 g/mol. The summed E-state index contributed by atoms with van der Waals surface area (Å²) in [5.41, 5.74) is 1.57. The van der Waals surface area contributed by atoms with Crippen molar-refractivity contribution in [2.45, 2.75) is 10.1 Å². The Morgan fingerprint density at radius 2 is 1.53 bits per heavy atom. The fourth-order valence-electron chi connectivity index (χ4n) is 1.38. The van der Waals surface area contributed by atoms with Crippen LogP contribution in [0.4, 0.5) is 0 Å². The second-order valence-electron chi connectivity index (χ2n) is 3.19. The molecular formula is C10H9Cl3O2. The van der Waals surface area contributed by atoms with Gasteiger partial charge in [0.05, 0.1) is 13.2 Å². The maximum absolute atomic E-state index is 5.74. The topological polar surface area (TPSA) is 18.5 Å². The van der Waals surface area contributed by atoms with E-state index in [9.17, 15) is 0 Å². The van der Waals surface area contributed by atoms with Crippen LogP contribution in [0, 0.1) is 0 Å². The Morgan fingerprint density at radius 3 is 2.00 bits per heavy atom. The maximum atomic E-state index is 5.74. The van der Waals surface area contributed by atoms with E-state index in [0.29, 0.717) is 18.8 Å². The van der Waals surface area contributed by atoms with Crippen LogP contribution in [-0.2, 0) is 13.3 Å². The Bertz CT molecular complexity index is 326. The van der Waals surface area contributed by atoms with Gasteiger partial charge in [-0.05, 0) is 0 Å². The smallest absolute Gasteiger partial charge is 0.216 e. The van der Waals surface area contributed by atoms with Gasteiger partial charge in [0, 0.05) is 11.1 Å². The summed E-state index contributed by atoms with van der Waals surface area (Å²) in [6, 6.07) is 7.20. The molecule has 0 radical (unpaired) electrons. The first kappa shape index (κ1) is 11.5. The molecule has 2 nitrogen and oxygen atoms in total. The first-order valence-corrected chi connectivity index (χ1v) is 5.61. The van der Waals surface area contributed by atoms with E-state index in [1.54, 1.807) is 12.1 Å². The van der Waals surface area contributed by atoms with Crippen molar-refractivity contribution < 1.29 is 9.47 Å². The van der Waals surface area contributed by atoms with Gasteiger partial charge in [-0.3, -0.25) is 0 Å². The summed E-state index contributed by atoms with van der Waals surface area (Å²) in [7, 11) is 0. The average molecular weight is 268 g/mol. The number of benzene rings is 1. The molecule has 1 fully saturated rings. The minimum atomic E-state index is -1.38. The van der Waals surface area contributed by atoms with Crippen molar-refractivity contribution >= 4 is 34.8 Å². The van der Waals surface area contributed by atoms with Gasteiger partial charge in [0.15, 0.2) is 6.29 Å². The Hall–Kier alpha value is 0.01000. The highest BCUT2D eigenvalue weighted by molar-refractivity contribution is 6.66. The van der Waals surface area contributed by atoms with E-state index in [1.165, 1.54) is 0 Å². The summed E-state index contributed by atoms with van der Waals surface area (Å²) < 4.78 is 9.31. The van der Waals surface area contributed by atoms with Crippen LogP contribution in [0.15, 0.2) is 24.3 Å². The van der Waals surface area contributed by atoms with Crippen LogP contribution in [0.5, 0.6) is 0 Å². The van der Waals surface area contributed by atoms with Crippen molar-refractivity contribution in [1.29, 1.82) is 0 Å². The second kappa shape index (κ2) is 4.48. The zero-order valence-electron chi connectivity index (χ0n) is 7.75. The van der Waals surface area contributed by atoms with Crippen LogP contribution in [0.1, 0.15) is 17.4 Å². The molecule has 1 heterocycles. The molecule has 0 atom stereocenters. The molecule has 1 aromatic rings. The van der Waals surface area contributed by atoms with Gasteiger partial charge in [0.2, 0.25) is 3.79 Å². The molecule has 0 saturated carbocycles. The largest absolute Gasteiger partial charge is 0.346 e. The van der Waals surface area contributed by atoms with Gasteiger partial charge in [-0.2, -0.15) is 0 Å². The molecule has 1 aromatic carbocycles. The Morgan fingerprint density at radius 1 is 1.00 bits per heavy atom. The van der Waals surface area contributed by atoms with Crippen LogP contribution >= 0.6 is 34.8 Å². The number of hydrogen-bond acceptors (Lipinski definition) is 2. The molecule has 82 valence electrons. The lowest BCUT2D eigenvalue weighted by molar-refractivity contribution is -0.0441. The number of hydrogen-bond donors (Lipinski definition) is 0. The van der Waals surface area contributed by atoms with E-state index in [2.05, 4.69) is 0 Å². The minimum Gasteiger partial charge on any atom is -0.346 e. The number of alkyl halides is 3. The maximum Gasteiger partial charge on any atom is 0.216 e. The van der Waals surface area contributed by atoms with Crippen molar-refractivity contribution in [3.8, 4) is 0 Å². The molecule has 1 aliphatic rings. The molecule has 0 unspecified atom stereocenters. The standard InChI is InChI=1S/C10H9Cl3O2/c11-10(12,13)8-3-1-7(2-4-8)9-14-5-6-15-9/h1-4,9H,5-6H2. The molecule has 0 bridgehead atoms. The van der Waals surface area contributed by atoms with Gasteiger partial charge in [-0.25, -0.2) is 0 Å². The summed E-state index contributed by atoms with van der Waals surface area (Å²) in [4.78, 5) is 0. The fourth-order valence-corrected chi connectivity index (χ4v) is 1.76. The third-order valence-electron chi connectivity index (χ3n) is 2.13. The summed E-state index contributed by atoms with van der Waals surface area (Å²) in [5.74, 6) is 0. The number of halogens is 3. The minimum absolute atomic E-state index is 0.283. The highest BCUT2D eigenvalue weighted by Gasteiger charge is 2.24. The van der Waals surface area contributed by atoms with Crippen molar-refractivity contribution in [2.75, 3.05) is 13.2 Å². The highest BCUT2D eigenvalue weighted by atomic mass is 35.6. The molecule has 0 aliphatic carbocycles. The first-order valence-electron chi connectivity index (χ1n) is 4.48. The SMILES string of the molecule is ClC(Cl)(Cl)c1ccc(C2OCCO2)cc1. The third-order valence-corrected chi connectivity index (χ3v) is 2.79. The number of ether oxygens (including phenoxy) is 2. The zero-order chi connectivity index (χ0) is 10.9. The molecule has 0 aromatic heterocycles. The van der Waals surface area contributed by atoms with E-state index in [4.69, 9.17) is 44.3 Å². The Balaban J connectivity index is 2.16. The second-order valence-corrected chi connectivity index (χ2v) is 5.47. The summed E-state index contributed by atoms with van der Waals surface area (Å²) in [6.07, 6.45) is -0.283. The lowest BCUT2D eigenvalue weighted by Gasteiger charge is -2.13. The van der Waals surface area contributed by atoms with Crippen LogP contribution in [-0.4, -0.2) is 13.2 Å². The zero-order valence-corrected chi connectivity index (χ0v) is 10.0. The predicted octanol–water partition coefficient (Wildman–Crippen LogP) is 3.56. The lowest BCUT2D eigenvalue weighted by atomic mass is 10.1. The average Bonchev–Trinajstić information content (AvgIpc) is 2.69. The molecular weight excluding hydrogens is 258 g/mol. The van der Waals surface area contributed by atoms with Gasteiger partial charge in [-0.15, -0.1) is 0 Å². The summed E-state index contributed by atoms with van der Waals surface area (Å²) in [5, 5.41) is 0. The molecule has 0 spiro atoms. The van der Waals surface area contributed by atoms with E-state index < -0.39 is 3.79 Å². The summed E-state index contributed by atoms with van der Waals surface area (Å²) >= 11 is 17.2. The van der Waals surface area contributed by atoms with Gasteiger partial charge >= 0.3 is 0 Å². The van der Waals surface area contributed by atoms with E-state index in [1.807, 2.05) is 12.1 Å². The molecule has 15 heavy (non-hydrogen) atoms. The molecule has 0 amide bonds. The fraction of sp³-hybridized carbons (Fsp3) is 0.400. The van der Waals surface area contributed by atoms with Gasteiger partial charge in [0.1, 0.15) is 0 Å². The molecule has 5 heteroatoms. The summed E-state index contributed by atoms with van der Waals surface area (Å²) in [6.45, 7) is 1.24. The highest BCUT2D eigenvalue weighted by Crippen LogP contribution is 2.38. The predicted molar refractivity (Wildman–Crippen MR) is 60.3 cm³/mol.